The van der Waals surface area contributed by atoms with Gasteiger partial charge in [-0.25, -0.2) is 4.39 Å². The van der Waals surface area contributed by atoms with E-state index < -0.39 is 17.9 Å². The number of benzene rings is 2. The minimum absolute atomic E-state index is 0.131. The van der Waals surface area contributed by atoms with Gasteiger partial charge in [-0.3, -0.25) is 9.78 Å². The highest BCUT2D eigenvalue weighted by atomic mass is 35.5. The molecule has 8 heteroatoms. The number of aromatic nitrogens is 1. The van der Waals surface area contributed by atoms with Gasteiger partial charge in [0.1, 0.15) is 18.2 Å². The first-order valence-electron chi connectivity index (χ1n) is 10.3. The van der Waals surface area contributed by atoms with Crippen LogP contribution in [-0.2, 0) is 4.79 Å². The van der Waals surface area contributed by atoms with Crippen LogP contribution >= 0.6 is 11.6 Å². The van der Waals surface area contributed by atoms with E-state index in [1.165, 1.54) is 24.3 Å². The predicted molar refractivity (Wildman–Crippen MR) is 121 cm³/mol. The zero-order chi connectivity index (χ0) is 22.6. The molecule has 1 amide bonds. The van der Waals surface area contributed by atoms with Crippen LogP contribution in [0.15, 0.2) is 55.3 Å². The number of phenolic OH excluding ortho intramolecular Hbond substituents is 1. The fraction of sp³-hybridized carbons (Fsp3) is 0.250. The molecule has 2 aliphatic heterocycles. The second-order valence-corrected chi connectivity index (χ2v) is 8.49. The van der Waals surface area contributed by atoms with Crippen molar-refractivity contribution >= 4 is 34.1 Å². The zero-order valence-electron chi connectivity index (χ0n) is 17.3. The number of rotatable bonds is 2. The van der Waals surface area contributed by atoms with Gasteiger partial charge < -0.3 is 19.6 Å². The number of piperazine rings is 1. The molecule has 6 nitrogen and oxygen atoms in total. The number of hydrogen-bond donors (Lipinski definition) is 1. The van der Waals surface area contributed by atoms with Crippen LogP contribution in [0.5, 0.6) is 11.5 Å². The van der Waals surface area contributed by atoms with Gasteiger partial charge in [0.2, 0.25) is 5.91 Å². The summed E-state index contributed by atoms with van der Waals surface area (Å²) < 4.78 is 21.2. The van der Waals surface area contributed by atoms with E-state index in [0.717, 1.165) is 11.1 Å². The Balaban J connectivity index is 1.78. The van der Waals surface area contributed by atoms with E-state index in [1.54, 1.807) is 23.2 Å². The number of pyridine rings is 1. The minimum Gasteiger partial charge on any atom is -0.507 e. The SMILES string of the molecule is C=CC(=O)N1C[C@@H]2COc3cnc4ccc(Cl)cc4c3N2C(c2c(O)cccc2F)[C@H]1C. The van der Waals surface area contributed by atoms with Crippen LogP contribution in [0.2, 0.25) is 5.02 Å². The number of anilines is 1. The largest absolute Gasteiger partial charge is 0.507 e. The molecule has 32 heavy (non-hydrogen) atoms. The quantitative estimate of drug-likeness (QED) is 0.580. The van der Waals surface area contributed by atoms with Crippen LogP contribution in [0, 0.1) is 5.82 Å². The van der Waals surface area contributed by atoms with Crippen molar-refractivity contribution in [3.8, 4) is 11.5 Å². The minimum atomic E-state index is -0.675. The molecule has 5 rings (SSSR count). The van der Waals surface area contributed by atoms with Gasteiger partial charge in [-0.05, 0) is 43.3 Å². The van der Waals surface area contributed by atoms with Crippen LogP contribution in [-0.4, -0.2) is 46.1 Å². The molecule has 0 spiro atoms. The number of amides is 1. The summed E-state index contributed by atoms with van der Waals surface area (Å²) in [6.45, 7) is 6.10. The molecule has 3 aromatic rings. The van der Waals surface area contributed by atoms with Crippen LogP contribution < -0.4 is 9.64 Å². The summed E-state index contributed by atoms with van der Waals surface area (Å²) >= 11 is 6.30. The average molecular weight is 454 g/mol. The number of ether oxygens (including phenoxy) is 1. The molecule has 2 aromatic carbocycles. The Morgan fingerprint density at radius 2 is 2.19 bits per heavy atom. The Morgan fingerprint density at radius 1 is 1.38 bits per heavy atom. The fourth-order valence-corrected chi connectivity index (χ4v) is 5.04. The first-order valence-corrected chi connectivity index (χ1v) is 10.7. The van der Waals surface area contributed by atoms with Crippen LogP contribution in [0.25, 0.3) is 10.9 Å². The van der Waals surface area contributed by atoms with Crippen molar-refractivity contribution in [1.82, 2.24) is 9.88 Å². The second-order valence-electron chi connectivity index (χ2n) is 8.06. The molecule has 0 aliphatic carbocycles. The Morgan fingerprint density at radius 3 is 2.94 bits per heavy atom. The molecule has 2 aliphatic rings. The molecular weight excluding hydrogens is 433 g/mol. The maximum absolute atomic E-state index is 15.2. The maximum Gasteiger partial charge on any atom is 0.246 e. The third-order valence-corrected chi connectivity index (χ3v) is 6.52. The van der Waals surface area contributed by atoms with E-state index in [9.17, 15) is 9.90 Å². The van der Waals surface area contributed by atoms with Crippen LogP contribution in [0.3, 0.4) is 0 Å². The third kappa shape index (κ3) is 3.07. The Hall–Kier alpha value is -3.32. The van der Waals surface area contributed by atoms with E-state index in [-0.39, 0.29) is 29.9 Å². The summed E-state index contributed by atoms with van der Waals surface area (Å²) in [7, 11) is 0. The first-order chi connectivity index (χ1) is 15.4. The topological polar surface area (TPSA) is 65.9 Å². The van der Waals surface area contributed by atoms with Gasteiger partial charge in [0.25, 0.3) is 0 Å². The van der Waals surface area contributed by atoms with Crippen molar-refractivity contribution in [3.05, 3.63) is 71.7 Å². The number of carbonyl (C=O) groups excluding carboxylic acids is 1. The van der Waals surface area contributed by atoms with Crippen molar-refractivity contribution in [2.24, 2.45) is 0 Å². The monoisotopic (exact) mass is 453 g/mol. The molecule has 164 valence electrons. The Labute approximate surface area is 189 Å². The van der Waals surface area contributed by atoms with Crippen molar-refractivity contribution in [1.29, 1.82) is 0 Å². The molecule has 3 atom stereocenters. The van der Waals surface area contributed by atoms with Crippen molar-refractivity contribution in [2.45, 2.75) is 25.0 Å². The third-order valence-electron chi connectivity index (χ3n) is 6.29. The molecule has 1 aromatic heterocycles. The van der Waals surface area contributed by atoms with E-state index in [4.69, 9.17) is 16.3 Å². The lowest BCUT2D eigenvalue weighted by Crippen LogP contribution is -2.63. The fourth-order valence-electron chi connectivity index (χ4n) is 4.86. The van der Waals surface area contributed by atoms with Crippen molar-refractivity contribution < 1.29 is 19.0 Å². The molecule has 3 heterocycles. The van der Waals surface area contributed by atoms with Crippen LogP contribution in [0.4, 0.5) is 10.1 Å². The standard InChI is InChI=1S/C24H21ClFN3O3/c1-3-21(31)28-11-15-12-32-20-10-27-18-8-7-14(25)9-16(18)24(20)29(15)23(13(28)2)22-17(26)5-4-6-19(22)30/h3-10,13,15,23,30H,1,11-12H2,2H3/t13-,15-,23?/m1/s1. The highest BCUT2D eigenvalue weighted by molar-refractivity contribution is 6.31. The number of halogens is 2. The molecular formula is C24H21ClFN3O3. The van der Waals surface area contributed by atoms with Gasteiger partial charge in [0.05, 0.1) is 41.1 Å². The molecule has 0 radical (unpaired) electrons. The number of phenols is 1. The Bertz CT molecular complexity index is 1230. The van der Waals surface area contributed by atoms with E-state index in [0.29, 0.717) is 22.8 Å². The highest BCUT2D eigenvalue weighted by Gasteiger charge is 2.47. The predicted octanol–water partition coefficient (Wildman–Crippen LogP) is 4.46. The van der Waals surface area contributed by atoms with Gasteiger partial charge in [0, 0.05) is 17.0 Å². The van der Waals surface area contributed by atoms with E-state index >= 15 is 4.39 Å². The number of fused-ring (bicyclic) bond motifs is 5. The molecule has 1 unspecified atom stereocenters. The molecule has 0 bridgehead atoms. The summed E-state index contributed by atoms with van der Waals surface area (Å²) in [6, 6.07) is 8.18. The van der Waals surface area contributed by atoms with Gasteiger partial charge >= 0.3 is 0 Å². The average Bonchev–Trinajstić information content (AvgIpc) is 2.78. The Kier molecular flexibility index (Phi) is 4.93. The lowest BCUT2D eigenvalue weighted by atomic mass is 9.89. The highest BCUT2D eigenvalue weighted by Crippen LogP contribution is 2.49. The summed E-state index contributed by atoms with van der Waals surface area (Å²) in [5, 5.41) is 12.0. The van der Waals surface area contributed by atoms with E-state index in [2.05, 4.69) is 16.5 Å². The lowest BCUT2D eigenvalue weighted by molar-refractivity contribution is -0.130. The summed E-state index contributed by atoms with van der Waals surface area (Å²) in [5.74, 6) is -0.421. The second kappa shape index (κ2) is 7.67. The maximum atomic E-state index is 15.2. The molecule has 1 fully saturated rings. The molecule has 1 N–H and O–H groups in total. The van der Waals surface area contributed by atoms with Crippen LogP contribution in [0.1, 0.15) is 18.5 Å². The number of nitrogens with zero attached hydrogens (tertiary/aromatic N) is 3. The number of hydrogen-bond acceptors (Lipinski definition) is 5. The number of carbonyl (C=O) groups is 1. The van der Waals surface area contributed by atoms with E-state index in [1.807, 2.05) is 13.0 Å². The smallest absolute Gasteiger partial charge is 0.246 e. The van der Waals surface area contributed by atoms with Gasteiger partial charge in [-0.15, -0.1) is 0 Å². The van der Waals surface area contributed by atoms with Gasteiger partial charge in [-0.2, -0.15) is 0 Å². The summed E-state index contributed by atoms with van der Waals surface area (Å²) in [4.78, 5) is 20.8. The van der Waals surface area contributed by atoms with Gasteiger partial charge in [0.15, 0.2) is 5.75 Å². The summed E-state index contributed by atoms with van der Waals surface area (Å²) in [5.41, 5.74) is 1.57. The zero-order valence-corrected chi connectivity index (χ0v) is 18.1. The van der Waals surface area contributed by atoms with Gasteiger partial charge in [-0.1, -0.05) is 24.2 Å². The molecule has 1 saturated heterocycles. The van der Waals surface area contributed by atoms with Crippen molar-refractivity contribution in [3.63, 3.8) is 0 Å². The normalized spacial score (nSPS) is 22.2. The summed E-state index contributed by atoms with van der Waals surface area (Å²) in [6.07, 6.45) is 2.90. The lowest BCUT2D eigenvalue weighted by Gasteiger charge is -2.53. The first kappa shape index (κ1) is 20.6. The number of aromatic hydroxyl groups is 1. The molecule has 0 saturated carbocycles. The van der Waals surface area contributed by atoms with Crippen molar-refractivity contribution in [2.75, 3.05) is 18.1 Å².